The number of amides is 2. The summed E-state index contributed by atoms with van der Waals surface area (Å²) in [6.07, 6.45) is 0.818. The highest BCUT2D eigenvalue weighted by molar-refractivity contribution is 6.05. The van der Waals surface area contributed by atoms with E-state index in [1.54, 1.807) is 60.5 Å². The largest absolute Gasteiger partial charge is 0.493 e. The molecule has 0 fully saturated rings. The van der Waals surface area contributed by atoms with Crippen molar-refractivity contribution in [3.8, 4) is 5.75 Å². The van der Waals surface area contributed by atoms with Crippen molar-refractivity contribution >= 4 is 17.5 Å². The molecule has 35 heavy (non-hydrogen) atoms. The number of nitrogens with one attached hydrogen (secondary N) is 1. The zero-order valence-corrected chi connectivity index (χ0v) is 19.7. The SMILES string of the molecule is CN(Cc1ccccc1)C(=O)c1cccc(NC(=O)c2ccc(OCCc3ccccc3)cc2)c1. The summed E-state index contributed by atoms with van der Waals surface area (Å²) in [5.41, 5.74) is 3.87. The van der Waals surface area contributed by atoms with Gasteiger partial charge in [-0.1, -0.05) is 66.7 Å². The van der Waals surface area contributed by atoms with Crippen LogP contribution in [0.5, 0.6) is 5.75 Å². The number of anilines is 1. The van der Waals surface area contributed by atoms with E-state index in [0.717, 1.165) is 12.0 Å². The summed E-state index contributed by atoms with van der Waals surface area (Å²) in [4.78, 5) is 27.3. The van der Waals surface area contributed by atoms with Gasteiger partial charge in [0.2, 0.25) is 0 Å². The molecule has 0 saturated carbocycles. The van der Waals surface area contributed by atoms with Crippen LogP contribution in [0.25, 0.3) is 0 Å². The maximum atomic E-state index is 12.9. The molecule has 0 atom stereocenters. The van der Waals surface area contributed by atoms with Crippen molar-refractivity contribution in [3.05, 3.63) is 131 Å². The highest BCUT2D eigenvalue weighted by Gasteiger charge is 2.14. The van der Waals surface area contributed by atoms with Gasteiger partial charge in [0.05, 0.1) is 6.61 Å². The first kappa shape index (κ1) is 23.8. The molecular weight excluding hydrogens is 436 g/mol. The van der Waals surface area contributed by atoms with E-state index in [2.05, 4.69) is 17.4 Å². The second-order valence-electron chi connectivity index (χ2n) is 8.29. The van der Waals surface area contributed by atoms with Crippen LogP contribution < -0.4 is 10.1 Å². The maximum absolute atomic E-state index is 12.9. The molecule has 4 aromatic rings. The van der Waals surface area contributed by atoms with Crippen molar-refractivity contribution in [2.45, 2.75) is 13.0 Å². The molecule has 4 aromatic carbocycles. The van der Waals surface area contributed by atoms with E-state index >= 15 is 0 Å². The molecule has 176 valence electrons. The first-order valence-corrected chi connectivity index (χ1v) is 11.6. The predicted molar refractivity (Wildman–Crippen MR) is 139 cm³/mol. The Morgan fingerprint density at radius 3 is 2.09 bits per heavy atom. The fourth-order valence-electron chi connectivity index (χ4n) is 3.72. The molecule has 0 spiro atoms. The number of carbonyl (C=O) groups excluding carboxylic acids is 2. The van der Waals surface area contributed by atoms with Crippen LogP contribution in [-0.2, 0) is 13.0 Å². The van der Waals surface area contributed by atoms with Gasteiger partial charge in [-0.25, -0.2) is 0 Å². The fraction of sp³-hybridized carbons (Fsp3) is 0.133. The molecule has 2 amide bonds. The Hall–Kier alpha value is -4.38. The van der Waals surface area contributed by atoms with Crippen molar-refractivity contribution in [2.24, 2.45) is 0 Å². The summed E-state index contributed by atoms with van der Waals surface area (Å²) >= 11 is 0. The monoisotopic (exact) mass is 464 g/mol. The molecule has 0 aliphatic heterocycles. The van der Waals surface area contributed by atoms with E-state index in [4.69, 9.17) is 4.74 Å². The van der Waals surface area contributed by atoms with Crippen LogP contribution in [0.1, 0.15) is 31.8 Å². The van der Waals surface area contributed by atoms with Crippen molar-refractivity contribution in [2.75, 3.05) is 19.0 Å². The second kappa shape index (κ2) is 11.7. The number of nitrogens with zero attached hydrogens (tertiary/aromatic N) is 1. The average Bonchev–Trinajstić information content (AvgIpc) is 2.90. The molecule has 0 aliphatic rings. The Morgan fingerprint density at radius 1 is 0.743 bits per heavy atom. The number of rotatable bonds is 9. The van der Waals surface area contributed by atoms with E-state index in [-0.39, 0.29) is 11.8 Å². The number of benzene rings is 4. The normalized spacial score (nSPS) is 10.4. The van der Waals surface area contributed by atoms with Crippen molar-refractivity contribution in [1.29, 1.82) is 0 Å². The molecule has 0 saturated heterocycles. The molecule has 0 aromatic heterocycles. The van der Waals surface area contributed by atoms with Crippen LogP contribution >= 0.6 is 0 Å². The molecule has 1 N–H and O–H groups in total. The zero-order chi connectivity index (χ0) is 24.5. The molecule has 5 nitrogen and oxygen atoms in total. The summed E-state index contributed by atoms with van der Waals surface area (Å²) in [5.74, 6) is 0.358. The van der Waals surface area contributed by atoms with Crippen molar-refractivity contribution in [3.63, 3.8) is 0 Å². The van der Waals surface area contributed by atoms with Gasteiger partial charge in [0, 0.05) is 36.8 Å². The summed E-state index contributed by atoms with van der Waals surface area (Å²) in [7, 11) is 1.77. The van der Waals surface area contributed by atoms with Crippen molar-refractivity contribution in [1.82, 2.24) is 4.90 Å². The number of hydrogen-bond acceptors (Lipinski definition) is 3. The van der Waals surface area contributed by atoms with Gasteiger partial charge in [-0.2, -0.15) is 0 Å². The maximum Gasteiger partial charge on any atom is 0.255 e. The molecule has 4 rings (SSSR count). The third-order valence-electron chi connectivity index (χ3n) is 5.60. The summed E-state index contributed by atoms with van der Waals surface area (Å²) in [5, 5.41) is 2.88. The first-order chi connectivity index (χ1) is 17.1. The van der Waals surface area contributed by atoms with Crippen LogP contribution in [-0.4, -0.2) is 30.4 Å². The minimum Gasteiger partial charge on any atom is -0.493 e. The quantitative estimate of drug-likeness (QED) is 0.339. The van der Waals surface area contributed by atoms with Crippen LogP contribution in [0.4, 0.5) is 5.69 Å². The average molecular weight is 465 g/mol. The number of ether oxygens (including phenoxy) is 1. The number of hydrogen-bond donors (Lipinski definition) is 1. The van der Waals surface area contributed by atoms with Gasteiger partial charge in [0.1, 0.15) is 5.75 Å². The van der Waals surface area contributed by atoms with E-state index < -0.39 is 0 Å². The van der Waals surface area contributed by atoms with E-state index in [1.165, 1.54) is 5.56 Å². The topological polar surface area (TPSA) is 58.6 Å². The highest BCUT2D eigenvalue weighted by atomic mass is 16.5. The van der Waals surface area contributed by atoms with Gasteiger partial charge < -0.3 is 15.0 Å². The predicted octanol–water partition coefficient (Wildman–Crippen LogP) is 5.83. The Kier molecular flexibility index (Phi) is 7.92. The summed E-state index contributed by atoms with van der Waals surface area (Å²) < 4.78 is 5.80. The standard InChI is InChI=1S/C30H28N2O3/c1-32(22-24-11-6-3-7-12-24)30(34)26-13-8-14-27(21-26)31-29(33)25-15-17-28(18-16-25)35-20-19-23-9-4-2-5-10-23/h2-18,21H,19-20,22H2,1H3,(H,31,33). The van der Waals surface area contributed by atoms with Crippen LogP contribution in [0.3, 0.4) is 0 Å². The minimum absolute atomic E-state index is 0.109. The summed E-state index contributed by atoms with van der Waals surface area (Å²) in [6, 6.07) is 34.0. The van der Waals surface area contributed by atoms with Gasteiger partial charge in [0.25, 0.3) is 11.8 Å². The lowest BCUT2D eigenvalue weighted by atomic mass is 10.1. The second-order valence-corrected chi connectivity index (χ2v) is 8.29. The Labute approximate surface area is 206 Å². The van der Waals surface area contributed by atoms with Gasteiger partial charge in [-0.3, -0.25) is 9.59 Å². The van der Waals surface area contributed by atoms with E-state index in [9.17, 15) is 9.59 Å². The van der Waals surface area contributed by atoms with Crippen molar-refractivity contribution < 1.29 is 14.3 Å². The molecular formula is C30H28N2O3. The molecule has 0 unspecified atom stereocenters. The van der Waals surface area contributed by atoms with Crippen LogP contribution in [0.2, 0.25) is 0 Å². The van der Waals surface area contributed by atoms with E-state index in [0.29, 0.717) is 35.7 Å². The lowest BCUT2D eigenvalue weighted by molar-refractivity contribution is 0.0784. The Morgan fingerprint density at radius 2 is 1.40 bits per heavy atom. The summed E-state index contributed by atoms with van der Waals surface area (Å²) in [6.45, 7) is 1.07. The minimum atomic E-state index is -0.247. The number of carbonyl (C=O) groups is 2. The Bertz CT molecular complexity index is 1260. The third kappa shape index (κ3) is 6.81. The third-order valence-corrected chi connectivity index (χ3v) is 5.60. The van der Waals surface area contributed by atoms with Gasteiger partial charge in [-0.15, -0.1) is 0 Å². The van der Waals surface area contributed by atoms with E-state index in [1.807, 2.05) is 48.5 Å². The lowest BCUT2D eigenvalue weighted by Gasteiger charge is -2.18. The lowest BCUT2D eigenvalue weighted by Crippen LogP contribution is -2.26. The van der Waals surface area contributed by atoms with Crippen LogP contribution in [0, 0.1) is 0 Å². The fourth-order valence-corrected chi connectivity index (χ4v) is 3.72. The van der Waals surface area contributed by atoms with Gasteiger partial charge in [-0.05, 0) is 53.6 Å². The smallest absolute Gasteiger partial charge is 0.255 e. The zero-order valence-electron chi connectivity index (χ0n) is 19.7. The Balaban J connectivity index is 1.32. The highest BCUT2D eigenvalue weighted by Crippen LogP contribution is 2.17. The molecule has 0 aliphatic carbocycles. The van der Waals surface area contributed by atoms with Crippen LogP contribution in [0.15, 0.2) is 109 Å². The molecule has 0 bridgehead atoms. The van der Waals surface area contributed by atoms with Gasteiger partial charge >= 0.3 is 0 Å². The molecule has 0 radical (unpaired) electrons. The van der Waals surface area contributed by atoms with Gasteiger partial charge in [0.15, 0.2) is 0 Å². The first-order valence-electron chi connectivity index (χ1n) is 11.6. The molecule has 0 heterocycles. The molecule has 5 heteroatoms.